The molecule has 1 aliphatic carbocycles. The molecule has 14 heavy (non-hydrogen) atoms. The first-order chi connectivity index (χ1) is 6.86. The number of hydrogen-bond acceptors (Lipinski definition) is 3. The predicted octanol–water partition coefficient (Wildman–Crippen LogP) is 1.35. The van der Waals surface area contributed by atoms with E-state index in [4.69, 9.17) is 9.47 Å². The van der Waals surface area contributed by atoms with Crippen molar-refractivity contribution >= 4 is 5.78 Å². The van der Waals surface area contributed by atoms with Crippen molar-refractivity contribution in [2.75, 3.05) is 13.2 Å². The SMILES string of the molecule is O=C1CCC2=C1C1=CCCO[C@H]1OC2. The minimum Gasteiger partial charge on any atom is -0.348 e. The van der Waals surface area contributed by atoms with Gasteiger partial charge in [-0.2, -0.15) is 0 Å². The summed E-state index contributed by atoms with van der Waals surface area (Å²) in [7, 11) is 0. The molecule has 3 heteroatoms. The maximum Gasteiger partial charge on any atom is 0.184 e. The summed E-state index contributed by atoms with van der Waals surface area (Å²) in [6.45, 7) is 1.27. The van der Waals surface area contributed by atoms with Gasteiger partial charge in [-0.25, -0.2) is 0 Å². The van der Waals surface area contributed by atoms with Crippen LogP contribution < -0.4 is 0 Å². The molecule has 3 aliphatic rings. The number of fused-ring (bicyclic) bond motifs is 2. The third-order valence-corrected chi connectivity index (χ3v) is 2.99. The Morgan fingerprint density at radius 3 is 3.14 bits per heavy atom. The molecule has 0 aromatic rings. The van der Waals surface area contributed by atoms with E-state index in [1.807, 2.05) is 0 Å². The second-order valence-electron chi connectivity index (χ2n) is 3.86. The van der Waals surface area contributed by atoms with Crippen LogP contribution in [0.5, 0.6) is 0 Å². The summed E-state index contributed by atoms with van der Waals surface area (Å²) in [5.41, 5.74) is 3.07. The molecule has 0 spiro atoms. The minimum absolute atomic E-state index is 0.269. The molecule has 0 bridgehead atoms. The molecule has 0 saturated carbocycles. The van der Waals surface area contributed by atoms with Crippen LogP contribution in [0.15, 0.2) is 22.8 Å². The van der Waals surface area contributed by atoms with Crippen molar-refractivity contribution in [1.82, 2.24) is 0 Å². The summed E-state index contributed by atoms with van der Waals surface area (Å²) in [4.78, 5) is 11.7. The van der Waals surface area contributed by atoms with Gasteiger partial charge in [0.05, 0.1) is 13.2 Å². The Hall–Kier alpha value is -0.930. The molecule has 2 heterocycles. The normalized spacial score (nSPS) is 31.3. The molecule has 0 amide bonds. The summed E-state index contributed by atoms with van der Waals surface area (Å²) in [6.07, 6.45) is 4.23. The van der Waals surface area contributed by atoms with Crippen molar-refractivity contribution in [1.29, 1.82) is 0 Å². The van der Waals surface area contributed by atoms with Crippen LogP contribution in [0.25, 0.3) is 0 Å². The predicted molar refractivity (Wildman–Crippen MR) is 49.7 cm³/mol. The van der Waals surface area contributed by atoms with Crippen molar-refractivity contribution in [2.24, 2.45) is 0 Å². The molecule has 2 aliphatic heterocycles. The van der Waals surface area contributed by atoms with Crippen molar-refractivity contribution in [2.45, 2.75) is 25.6 Å². The highest BCUT2D eigenvalue weighted by Crippen LogP contribution is 2.37. The van der Waals surface area contributed by atoms with E-state index >= 15 is 0 Å². The van der Waals surface area contributed by atoms with Crippen LogP contribution in [0.3, 0.4) is 0 Å². The lowest BCUT2D eigenvalue weighted by Gasteiger charge is -2.29. The van der Waals surface area contributed by atoms with Crippen LogP contribution in [-0.2, 0) is 14.3 Å². The first-order valence-electron chi connectivity index (χ1n) is 5.05. The summed E-state index contributed by atoms with van der Waals surface area (Å²) in [6, 6.07) is 0. The lowest BCUT2D eigenvalue weighted by molar-refractivity contribution is -0.124. The molecule has 0 aromatic carbocycles. The van der Waals surface area contributed by atoms with Gasteiger partial charge < -0.3 is 9.47 Å². The molecule has 0 N–H and O–H groups in total. The topological polar surface area (TPSA) is 35.5 Å². The van der Waals surface area contributed by atoms with Crippen LogP contribution in [0.1, 0.15) is 19.3 Å². The van der Waals surface area contributed by atoms with Gasteiger partial charge in [0, 0.05) is 17.6 Å². The average Bonchev–Trinajstić information content (AvgIpc) is 2.61. The molecule has 0 unspecified atom stereocenters. The highest BCUT2D eigenvalue weighted by atomic mass is 16.7. The summed E-state index contributed by atoms with van der Waals surface area (Å²) < 4.78 is 11.0. The van der Waals surface area contributed by atoms with Crippen molar-refractivity contribution in [3.8, 4) is 0 Å². The second-order valence-corrected chi connectivity index (χ2v) is 3.86. The van der Waals surface area contributed by atoms with E-state index in [9.17, 15) is 4.79 Å². The fraction of sp³-hybridized carbons (Fsp3) is 0.545. The van der Waals surface area contributed by atoms with Gasteiger partial charge in [-0.05, 0) is 18.4 Å². The smallest absolute Gasteiger partial charge is 0.184 e. The molecule has 3 nitrogen and oxygen atoms in total. The number of Topliss-reactive ketones (excluding diaryl/α,β-unsaturated/α-hetero) is 1. The average molecular weight is 192 g/mol. The molecular weight excluding hydrogens is 180 g/mol. The molecule has 74 valence electrons. The summed E-state index contributed by atoms with van der Waals surface area (Å²) in [5.74, 6) is 0.269. The largest absolute Gasteiger partial charge is 0.348 e. The van der Waals surface area contributed by atoms with E-state index in [1.54, 1.807) is 0 Å². The highest BCUT2D eigenvalue weighted by Gasteiger charge is 2.35. The van der Waals surface area contributed by atoms with Crippen LogP contribution in [0, 0.1) is 0 Å². The molecular formula is C11H12O3. The van der Waals surface area contributed by atoms with Gasteiger partial charge in [0.1, 0.15) is 0 Å². The maximum atomic E-state index is 11.7. The number of carbonyl (C=O) groups excluding carboxylic acids is 1. The zero-order valence-electron chi connectivity index (χ0n) is 7.91. The molecule has 3 rings (SSSR count). The van der Waals surface area contributed by atoms with Gasteiger partial charge >= 0.3 is 0 Å². The molecule has 1 atom stereocenters. The van der Waals surface area contributed by atoms with E-state index in [0.29, 0.717) is 19.6 Å². The Balaban J connectivity index is 2.06. The fourth-order valence-electron chi connectivity index (χ4n) is 2.33. The number of rotatable bonds is 0. The molecule has 0 saturated heterocycles. The van der Waals surface area contributed by atoms with E-state index in [1.165, 1.54) is 5.57 Å². The zero-order chi connectivity index (χ0) is 9.54. The Bertz CT molecular complexity index is 352. The first kappa shape index (κ1) is 8.38. The first-order valence-corrected chi connectivity index (χ1v) is 5.05. The van der Waals surface area contributed by atoms with E-state index in [2.05, 4.69) is 6.08 Å². The summed E-state index contributed by atoms with van der Waals surface area (Å²) >= 11 is 0. The van der Waals surface area contributed by atoms with Gasteiger partial charge in [0.2, 0.25) is 0 Å². The van der Waals surface area contributed by atoms with Gasteiger partial charge in [-0.1, -0.05) is 6.08 Å². The number of carbonyl (C=O) groups is 1. The van der Waals surface area contributed by atoms with Gasteiger partial charge in [0.15, 0.2) is 12.1 Å². The third kappa shape index (κ3) is 1.09. The summed E-state index contributed by atoms with van der Waals surface area (Å²) in [5, 5.41) is 0. The molecule has 0 fully saturated rings. The molecule has 0 aromatic heterocycles. The van der Waals surface area contributed by atoms with Crippen LogP contribution in [0.2, 0.25) is 0 Å². The quantitative estimate of drug-likeness (QED) is 0.581. The fourth-order valence-corrected chi connectivity index (χ4v) is 2.33. The van der Waals surface area contributed by atoms with Crippen molar-refractivity contribution in [3.63, 3.8) is 0 Å². The van der Waals surface area contributed by atoms with Crippen LogP contribution in [0.4, 0.5) is 0 Å². The number of ketones is 1. The Morgan fingerprint density at radius 1 is 1.29 bits per heavy atom. The third-order valence-electron chi connectivity index (χ3n) is 2.99. The Labute approximate surface area is 82.4 Å². The van der Waals surface area contributed by atoms with Gasteiger partial charge in [0.25, 0.3) is 0 Å². The van der Waals surface area contributed by atoms with Gasteiger partial charge in [-0.15, -0.1) is 0 Å². The zero-order valence-corrected chi connectivity index (χ0v) is 7.91. The van der Waals surface area contributed by atoms with Gasteiger partial charge in [-0.3, -0.25) is 4.79 Å². The highest BCUT2D eigenvalue weighted by molar-refractivity contribution is 6.03. The van der Waals surface area contributed by atoms with Crippen molar-refractivity contribution < 1.29 is 14.3 Å². The van der Waals surface area contributed by atoms with E-state index < -0.39 is 0 Å². The monoisotopic (exact) mass is 192 g/mol. The molecule has 0 radical (unpaired) electrons. The standard InChI is InChI=1S/C11H12O3/c12-9-4-3-7-6-14-11-8(10(7)9)2-1-5-13-11/h2,11H,1,3-6H2/t11-/m0/s1. The second kappa shape index (κ2) is 3.04. The van der Waals surface area contributed by atoms with E-state index in [-0.39, 0.29) is 12.1 Å². The lowest BCUT2D eigenvalue weighted by Crippen LogP contribution is -2.30. The van der Waals surface area contributed by atoms with E-state index in [0.717, 1.165) is 24.0 Å². The maximum absolute atomic E-state index is 11.7. The van der Waals surface area contributed by atoms with Crippen molar-refractivity contribution in [3.05, 3.63) is 22.8 Å². The minimum atomic E-state index is -0.274. The lowest BCUT2D eigenvalue weighted by atomic mass is 9.97. The van der Waals surface area contributed by atoms with Crippen LogP contribution in [-0.4, -0.2) is 25.3 Å². The Kier molecular flexibility index (Phi) is 1.82. The number of ether oxygens (including phenoxy) is 2. The number of hydrogen-bond donors (Lipinski definition) is 0. The Morgan fingerprint density at radius 2 is 2.21 bits per heavy atom. The van der Waals surface area contributed by atoms with Crippen LogP contribution >= 0.6 is 0 Å².